The van der Waals surface area contributed by atoms with E-state index < -0.39 is 0 Å². The zero-order valence-electron chi connectivity index (χ0n) is 12.5. The molecule has 1 N–H and O–H groups in total. The van der Waals surface area contributed by atoms with E-state index in [0.29, 0.717) is 17.9 Å². The van der Waals surface area contributed by atoms with E-state index in [4.69, 9.17) is 0 Å². The summed E-state index contributed by atoms with van der Waals surface area (Å²) in [6.45, 7) is 0.836. The summed E-state index contributed by atoms with van der Waals surface area (Å²) in [5.74, 6) is 0.691. The van der Waals surface area contributed by atoms with Crippen molar-refractivity contribution < 1.29 is 9.59 Å². The Morgan fingerprint density at radius 1 is 1.29 bits per heavy atom. The third kappa shape index (κ3) is 3.09. The minimum Gasteiger partial charge on any atom is -0.341 e. The molecule has 0 saturated heterocycles. The molecule has 1 saturated carbocycles. The number of hydrogen-bond donors (Lipinski definition) is 1. The molecule has 112 valence electrons. The van der Waals surface area contributed by atoms with Crippen LogP contribution in [0.15, 0.2) is 18.2 Å². The fourth-order valence-corrected chi connectivity index (χ4v) is 3.41. The molecule has 21 heavy (non-hydrogen) atoms. The van der Waals surface area contributed by atoms with Gasteiger partial charge in [-0.15, -0.1) is 0 Å². The molecule has 1 heterocycles. The van der Waals surface area contributed by atoms with Gasteiger partial charge in [0.15, 0.2) is 0 Å². The summed E-state index contributed by atoms with van der Waals surface area (Å²) in [6, 6.07) is 5.52. The Morgan fingerprint density at radius 3 is 2.81 bits per heavy atom. The molecule has 0 bridgehead atoms. The lowest BCUT2D eigenvalue weighted by atomic mass is 9.89. The fourth-order valence-electron chi connectivity index (χ4n) is 3.41. The van der Waals surface area contributed by atoms with E-state index in [1.54, 1.807) is 6.07 Å². The van der Waals surface area contributed by atoms with Gasteiger partial charge in [0.2, 0.25) is 5.91 Å². The van der Waals surface area contributed by atoms with Crippen LogP contribution in [0.1, 0.15) is 48.0 Å². The van der Waals surface area contributed by atoms with E-state index in [0.717, 1.165) is 17.8 Å². The quantitative estimate of drug-likeness (QED) is 0.929. The van der Waals surface area contributed by atoms with Crippen LogP contribution in [0.25, 0.3) is 0 Å². The maximum atomic E-state index is 12.5. The molecule has 2 amide bonds. The van der Waals surface area contributed by atoms with Crippen molar-refractivity contribution in [2.75, 3.05) is 18.9 Å². The van der Waals surface area contributed by atoms with E-state index in [9.17, 15) is 9.59 Å². The van der Waals surface area contributed by atoms with E-state index in [-0.39, 0.29) is 11.8 Å². The number of rotatable bonds is 3. The highest BCUT2D eigenvalue weighted by Crippen LogP contribution is 2.26. The molecule has 3 rings (SSSR count). The van der Waals surface area contributed by atoms with Crippen LogP contribution in [0.4, 0.5) is 5.69 Å². The Kier molecular flexibility index (Phi) is 3.95. The second-order valence-corrected chi connectivity index (χ2v) is 6.29. The van der Waals surface area contributed by atoms with Crippen LogP contribution in [0, 0.1) is 5.92 Å². The molecule has 1 aliphatic carbocycles. The molecule has 1 aromatic rings. The molecule has 0 unspecified atom stereocenters. The second kappa shape index (κ2) is 5.88. The van der Waals surface area contributed by atoms with Crippen molar-refractivity contribution in [2.24, 2.45) is 5.92 Å². The van der Waals surface area contributed by atoms with Crippen LogP contribution in [0.5, 0.6) is 0 Å². The van der Waals surface area contributed by atoms with Gasteiger partial charge in [0.25, 0.3) is 5.91 Å². The lowest BCUT2D eigenvalue weighted by Crippen LogP contribution is -2.32. The van der Waals surface area contributed by atoms with Gasteiger partial charge in [-0.1, -0.05) is 25.3 Å². The molecular weight excluding hydrogens is 264 g/mol. The second-order valence-electron chi connectivity index (χ2n) is 6.29. The zero-order chi connectivity index (χ0) is 14.8. The standard InChI is InChI=1S/C17H22N2O2/c1-19(11-12-5-3-2-4-6-12)17(21)14-8-7-13-10-16(20)18-15(13)9-14/h7-9,12H,2-6,10-11H2,1H3,(H,18,20). The van der Waals surface area contributed by atoms with E-state index in [1.165, 1.54) is 32.1 Å². The number of amides is 2. The van der Waals surface area contributed by atoms with Gasteiger partial charge in [0.05, 0.1) is 6.42 Å². The lowest BCUT2D eigenvalue weighted by Gasteiger charge is -2.27. The smallest absolute Gasteiger partial charge is 0.253 e. The largest absolute Gasteiger partial charge is 0.341 e. The Balaban J connectivity index is 1.67. The first kappa shape index (κ1) is 14.1. The number of carbonyl (C=O) groups excluding carboxylic acids is 2. The van der Waals surface area contributed by atoms with Crippen molar-refractivity contribution in [2.45, 2.75) is 38.5 Å². The first-order valence-electron chi connectivity index (χ1n) is 7.82. The predicted molar refractivity (Wildman–Crippen MR) is 82.3 cm³/mol. The van der Waals surface area contributed by atoms with Crippen LogP contribution < -0.4 is 5.32 Å². The number of anilines is 1. The highest BCUT2D eigenvalue weighted by Gasteiger charge is 2.22. The van der Waals surface area contributed by atoms with Gasteiger partial charge >= 0.3 is 0 Å². The average Bonchev–Trinajstić information content (AvgIpc) is 2.86. The van der Waals surface area contributed by atoms with Crippen molar-refractivity contribution >= 4 is 17.5 Å². The summed E-state index contributed by atoms with van der Waals surface area (Å²) in [6.07, 6.45) is 6.80. The number of fused-ring (bicyclic) bond motifs is 1. The zero-order valence-corrected chi connectivity index (χ0v) is 12.5. The topological polar surface area (TPSA) is 49.4 Å². The van der Waals surface area contributed by atoms with Crippen molar-refractivity contribution in [1.29, 1.82) is 0 Å². The molecular formula is C17H22N2O2. The molecule has 1 aliphatic heterocycles. The molecule has 0 aromatic heterocycles. The van der Waals surface area contributed by atoms with Gasteiger partial charge in [-0.25, -0.2) is 0 Å². The highest BCUT2D eigenvalue weighted by molar-refractivity contribution is 6.02. The van der Waals surface area contributed by atoms with E-state index in [2.05, 4.69) is 5.32 Å². The van der Waals surface area contributed by atoms with Crippen molar-refractivity contribution in [3.63, 3.8) is 0 Å². The predicted octanol–water partition coefficient (Wildman–Crippen LogP) is 2.83. The SMILES string of the molecule is CN(CC1CCCCC1)C(=O)c1ccc2c(c1)NC(=O)C2. The lowest BCUT2D eigenvalue weighted by molar-refractivity contribution is -0.115. The van der Waals surface area contributed by atoms with Gasteiger partial charge in [0, 0.05) is 24.8 Å². The first-order valence-corrected chi connectivity index (χ1v) is 7.82. The fraction of sp³-hybridized carbons (Fsp3) is 0.529. The van der Waals surface area contributed by atoms with Crippen LogP contribution in [-0.4, -0.2) is 30.3 Å². The van der Waals surface area contributed by atoms with E-state index in [1.807, 2.05) is 24.1 Å². The number of hydrogen-bond acceptors (Lipinski definition) is 2. The average molecular weight is 286 g/mol. The first-order chi connectivity index (χ1) is 10.1. The molecule has 2 aliphatic rings. The van der Waals surface area contributed by atoms with Crippen molar-refractivity contribution in [1.82, 2.24) is 4.90 Å². The number of nitrogens with zero attached hydrogens (tertiary/aromatic N) is 1. The Labute approximate surface area is 125 Å². The summed E-state index contributed by atoms with van der Waals surface area (Å²) in [5, 5.41) is 2.80. The van der Waals surface area contributed by atoms with Crippen molar-refractivity contribution in [3.05, 3.63) is 29.3 Å². The monoisotopic (exact) mass is 286 g/mol. The minimum atomic E-state index is 0.00478. The number of carbonyl (C=O) groups is 2. The molecule has 0 atom stereocenters. The van der Waals surface area contributed by atoms with Crippen LogP contribution in [0.2, 0.25) is 0 Å². The molecule has 0 spiro atoms. The highest BCUT2D eigenvalue weighted by atomic mass is 16.2. The summed E-state index contributed by atoms with van der Waals surface area (Å²) in [5.41, 5.74) is 2.43. The Morgan fingerprint density at radius 2 is 2.05 bits per heavy atom. The van der Waals surface area contributed by atoms with Crippen LogP contribution in [-0.2, 0) is 11.2 Å². The third-order valence-corrected chi connectivity index (χ3v) is 4.59. The molecule has 0 radical (unpaired) electrons. The minimum absolute atomic E-state index is 0.00478. The van der Waals surface area contributed by atoms with Crippen molar-refractivity contribution in [3.8, 4) is 0 Å². The summed E-state index contributed by atoms with van der Waals surface area (Å²) < 4.78 is 0. The number of nitrogens with one attached hydrogen (secondary N) is 1. The number of benzene rings is 1. The van der Waals surface area contributed by atoms with Crippen LogP contribution >= 0.6 is 0 Å². The third-order valence-electron chi connectivity index (χ3n) is 4.59. The van der Waals surface area contributed by atoms with E-state index >= 15 is 0 Å². The Hall–Kier alpha value is -1.84. The molecule has 4 heteroatoms. The molecule has 1 fully saturated rings. The summed E-state index contributed by atoms with van der Waals surface area (Å²) in [4.78, 5) is 25.7. The summed E-state index contributed by atoms with van der Waals surface area (Å²) in [7, 11) is 1.88. The van der Waals surface area contributed by atoms with Gasteiger partial charge in [-0.3, -0.25) is 9.59 Å². The van der Waals surface area contributed by atoms with Gasteiger partial charge in [-0.2, -0.15) is 0 Å². The maximum absolute atomic E-state index is 12.5. The van der Waals surface area contributed by atoms with Gasteiger partial charge < -0.3 is 10.2 Å². The Bertz CT molecular complexity index is 562. The van der Waals surface area contributed by atoms with Gasteiger partial charge in [-0.05, 0) is 36.5 Å². The summed E-state index contributed by atoms with van der Waals surface area (Å²) >= 11 is 0. The maximum Gasteiger partial charge on any atom is 0.253 e. The molecule has 4 nitrogen and oxygen atoms in total. The van der Waals surface area contributed by atoms with Gasteiger partial charge in [0.1, 0.15) is 0 Å². The molecule has 1 aromatic carbocycles. The van der Waals surface area contributed by atoms with Crippen LogP contribution in [0.3, 0.4) is 0 Å². The normalized spacial score (nSPS) is 18.2.